The summed E-state index contributed by atoms with van der Waals surface area (Å²) in [5, 5.41) is 13.4. The first kappa shape index (κ1) is 46.8. The Balaban J connectivity index is 1.53. The second-order valence-electron chi connectivity index (χ2n) is 17.7. The van der Waals surface area contributed by atoms with Gasteiger partial charge in [-0.2, -0.15) is 0 Å². The zero-order valence-electron chi connectivity index (χ0n) is 36.6. The summed E-state index contributed by atoms with van der Waals surface area (Å²) >= 11 is 0. The molecule has 324 valence electrons. The molecule has 1 N–H and O–H groups in total. The number of rotatable bonds is 20. The Labute approximate surface area is 353 Å². The van der Waals surface area contributed by atoms with E-state index in [1.807, 2.05) is 37.3 Å². The number of aliphatic hydroxyl groups is 1. The molecule has 2 saturated heterocycles. The number of hydrogen-bond acceptors (Lipinski definition) is 10. The van der Waals surface area contributed by atoms with Gasteiger partial charge in [0, 0.05) is 45.0 Å². The van der Waals surface area contributed by atoms with Crippen LogP contribution in [0.3, 0.4) is 0 Å². The number of benzene rings is 3. The maximum Gasteiger partial charge on any atom is 0.338 e. The molecule has 2 aliphatic heterocycles. The normalized spacial score (nSPS) is 26.0. The fourth-order valence-corrected chi connectivity index (χ4v) is 13.4. The lowest BCUT2D eigenvalue weighted by Gasteiger charge is -2.51. The smallest absolute Gasteiger partial charge is 0.338 e. The van der Waals surface area contributed by atoms with Crippen LogP contribution in [-0.2, 0) is 37.6 Å². The first-order valence-corrected chi connectivity index (χ1v) is 22.9. The van der Waals surface area contributed by atoms with Gasteiger partial charge in [0.15, 0.2) is 5.79 Å². The van der Waals surface area contributed by atoms with Crippen molar-refractivity contribution in [2.45, 2.75) is 115 Å². The molecule has 3 aromatic rings. The average molecular weight is 833 g/mol. The van der Waals surface area contributed by atoms with Gasteiger partial charge >= 0.3 is 5.97 Å². The summed E-state index contributed by atoms with van der Waals surface area (Å²) in [4.78, 5) is 13.8. The van der Waals surface area contributed by atoms with Crippen molar-refractivity contribution < 1.29 is 47.5 Å². The van der Waals surface area contributed by atoms with E-state index in [9.17, 15) is 9.90 Å². The maximum absolute atomic E-state index is 13.8. The van der Waals surface area contributed by atoms with Crippen molar-refractivity contribution >= 4 is 24.7 Å². The maximum atomic E-state index is 13.8. The summed E-state index contributed by atoms with van der Waals surface area (Å²) in [5.41, 5.74) is -0.363. The Bertz CT molecular complexity index is 1700. The van der Waals surface area contributed by atoms with Crippen molar-refractivity contribution in [1.29, 1.82) is 0 Å². The molecular formula is C48H68O10Si. The molecule has 5 rings (SSSR count). The molecule has 0 radical (unpaired) electrons. The summed E-state index contributed by atoms with van der Waals surface area (Å²) in [6, 6.07) is 30.2. The fraction of sp³-hybridized carbons (Fsp3) is 0.562. The van der Waals surface area contributed by atoms with Crippen molar-refractivity contribution in [3.05, 3.63) is 109 Å². The number of hydrogen-bond donors (Lipinski definition) is 1. The molecule has 0 unspecified atom stereocenters. The standard InChI is InChI=1S/C48H68O10Si/c1-11-34(2)39(49)31-41(52-10)43-44(54-33-53-30-29-51-9)47(7,8)48(58-43)32-42(56-45(50)36-21-15-12-16-22-36)35(3)40(57-48)27-28-55-59(46(4,5)6,37-23-17-13-18-24-37)38-25-19-14-20-26-38/h11-26,34-35,39-44,49H,1,27-33H2,2-10H3/t34-,35-,39+,40+,41+,42-,43-,44+,48-/m1/s1. The van der Waals surface area contributed by atoms with E-state index in [-0.39, 0.29) is 36.5 Å². The van der Waals surface area contributed by atoms with Gasteiger partial charge < -0.3 is 42.7 Å². The lowest BCUT2D eigenvalue weighted by atomic mass is 9.72. The molecular weight excluding hydrogens is 765 g/mol. The van der Waals surface area contributed by atoms with E-state index in [4.69, 9.17) is 37.6 Å². The number of carbonyl (C=O) groups excluding carboxylic acids is 1. The Morgan fingerprint density at radius 1 is 0.932 bits per heavy atom. The van der Waals surface area contributed by atoms with Crippen LogP contribution in [0.15, 0.2) is 104 Å². The van der Waals surface area contributed by atoms with Crippen molar-refractivity contribution in [3.8, 4) is 0 Å². The topological polar surface area (TPSA) is 111 Å². The van der Waals surface area contributed by atoms with E-state index in [2.05, 4.69) is 96.7 Å². The van der Waals surface area contributed by atoms with Crippen LogP contribution in [0, 0.1) is 17.3 Å². The second kappa shape index (κ2) is 20.6. The van der Waals surface area contributed by atoms with E-state index in [0.717, 1.165) is 0 Å². The monoisotopic (exact) mass is 832 g/mol. The van der Waals surface area contributed by atoms with Gasteiger partial charge in [-0.1, -0.05) is 133 Å². The van der Waals surface area contributed by atoms with Crippen LogP contribution in [0.4, 0.5) is 0 Å². The number of ether oxygens (including phenoxy) is 7. The first-order chi connectivity index (χ1) is 28.2. The van der Waals surface area contributed by atoms with Gasteiger partial charge in [0.1, 0.15) is 19.0 Å². The number of esters is 1. The van der Waals surface area contributed by atoms with Gasteiger partial charge in [-0.3, -0.25) is 0 Å². The first-order valence-electron chi connectivity index (χ1n) is 21.0. The van der Waals surface area contributed by atoms with E-state index in [1.165, 1.54) is 10.4 Å². The molecule has 0 saturated carbocycles. The Kier molecular flexibility index (Phi) is 16.3. The second-order valence-corrected chi connectivity index (χ2v) is 22.0. The van der Waals surface area contributed by atoms with Crippen molar-refractivity contribution in [3.63, 3.8) is 0 Å². The van der Waals surface area contributed by atoms with Crippen LogP contribution in [0.1, 0.15) is 78.1 Å². The largest absolute Gasteiger partial charge is 0.458 e. The molecule has 2 heterocycles. The summed E-state index contributed by atoms with van der Waals surface area (Å²) < 4.78 is 52.0. The summed E-state index contributed by atoms with van der Waals surface area (Å²) in [6.45, 7) is 19.9. The molecule has 3 aromatic carbocycles. The molecule has 9 atom stereocenters. The van der Waals surface area contributed by atoms with Gasteiger partial charge in [0.25, 0.3) is 8.32 Å². The van der Waals surface area contributed by atoms with Crippen LogP contribution >= 0.6 is 0 Å². The highest BCUT2D eigenvalue weighted by atomic mass is 28.4. The van der Waals surface area contributed by atoms with Crippen molar-refractivity contribution in [2.24, 2.45) is 17.3 Å². The third kappa shape index (κ3) is 10.3. The third-order valence-electron chi connectivity index (χ3n) is 12.6. The molecule has 0 aromatic heterocycles. The Morgan fingerprint density at radius 3 is 2.07 bits per heavy atom. The van der Waals surface area contributed by atoms with Crippen molar-refractivity contribution in [2.75, 3.05) is 40.8 Å². The van der Waals surface area contributed by atoms with Gasteiger partial charge in [0.2, 0.25) is 0 Å². The lowest BCUT2D eigenvalue weighted by Crippen LogP contribution is -2.66. The SMILES string of the molecule is C=C[C@@H](C)[C@@H](O)C[C@H](OC)[C@H]1O[C@]2(C[C@@H](OC(=O)c3ccccc3)[C@H](C)[C@H](CCO[Si](c3ccccc3)(c3ccccc3)C(C)(C)C)O2)C(C)(C)[C@H]1OCOCCOC. The zero-order chi connectivity index (χ0) is 42.8. The number of carbonyl (C=O) groups is 1. The average Bonchev–Trinajstić information content (AvgIpc) is 3.43. The fourth-order valence-electron chi connectivity index (χ4n) is 8.85. The van der Waals surface area contributed by atoms with Gasteiger partial charge in [-0.05, 0) is 39.9 Å². The van der Waals surface area contributed by atoms with Crippen LogP contribution in [0.2, 0.25) is 5.04 Å². The molecule has 2 fully saturated rings. The van der Waals surface area contributed by atoms with E-state index >= 15 is 0 Å². The Hall–Kier alpha value is -3.23. The van der Waals surface area contributed by atoms with Crippen LogP contribution < -0.4 is 10.4 Å². The third-order valence-corrected chi connectivity index (χ3v) is 17.6. The number of aliphatic hydroxyl groups excluding tert-OH is 1. The predicted molar refractivity (Wildman–Crippen MR) is 232 cm³/mol. The molecule has 1 spiro atoms. The Morgan fingerprint density at radius 2 is 1.53 bits per heavy atom. The van der Waals surface area contributed by atoms with E-state index in [1.54, 1.807) is 32.4 Å². The van der Waals surface area contributed by atoms with Crippen LogP contribution in [0.5, 0.6) is 0 Å². The minimum atomic E-state index is -2.87. The van der Waals surface area contributed by atoms with E-state index < -0.39 is 62.1 Å². The highest BCUT2D eigenvalue weighted by Crippen LogP contribution is 2.56. The quantitative estimate of drug-likeness (QED) is 0.0409. The van der Waals surface area contributed by atoms with Gasteiger partial charge in [-0.25, -0.2) is 4.79 Å². The van der Waals surface area contributed by atoms with Gasteiger partial charge in [-0.15, -0.1) is 6.58 Å². The summed E-state index contributed by atoms with van der Waals surface area (Å²) in [5.74, 6) is -2.11. The summed E-state index contributed by atoms with van der Waals surface area (Å²) in [7, 11) is 0.365. The van der Waals surface area contributed by atoms with Crippen LogP contribution in [0.25, 0.3) is 0 Å². The minimum absolute atomic E-state index is 0.0198. The van der Waals surface area contributed by atoms with Crippen molar-refractivity contribution in [1.82, 2.24) is 0 Å². The molecule has 59 heavy (non-hydrogen) atoms. The van der Waals surface area contributed by atoms with Crippen LogP contribution in [-0.4, -0.2) is 103 Å². The highest BCUT2D eigenvalue weighted by molar-refractivity contribution is 6.99. The van der Waals surface area contributed by atoms with E-state index in [0.29, 0.717) is 31.8 Å². The molecule has 0 bridgehead atoms. The summed E-state index contributed by atoms with van der Waals surface area (Å²) in [6.07, 6.45) is -0.887. The number of methoxy groups -OCH3 is 2. The minimum Gasteiger partial charge on any atom is -0.458 e. The highest BCUT2D eigenvalue weighted by Gasteiger charge is 2.67. The molecule has 0 aliphatic carbocycles. The molecule has 0 amide bonds. The predicted octanol–water partition coefficient (Wildman–Crippen LogP) is 7.32. The molecule has 10 nitrogen and oxygen atoms in total. The van der Waals surface area contributed by atoms with Gasteiger partial charge in [0.05, 0.1) is 43.2 Å². The lowest BCUT2D eigenvalue weighted by molar-refractivity contribution is -0.336. The molecule has 11 heteroatoms. The molecule has 2 aliphatic rings. The zero-order valence-corrected chi connectivity index (χ0v) is 37.6.